The molecular weight excluding hydrogens is 229 g/mol. The Labute approximate surface area is 106 Å². The van der Waals surface area contributed by atoms with Gasteiger partial charge in [0.05, 0.1) is 11.3 Å². The zero-order valence-electron chi connectivity index (χ0n) is 10.4. The summed E-state index contributed by atoms with van der Waals surface area (Å²) in [5, 5.41) is 0. The molecule has 2 aromatic rings. The number of anilines is 2. The number of carbonyl (C=O) groups excluding carboxylic acids is 1. The van der Waals surface area contributed by atoms with Crippen molar-refractivity contribution in [2.75, 3.05) is 11.9 Å². The van der Waals surface area contributed by atoms with E-state index in [9.17, 15) is 9.18 Å². The average Bonchev–Trinajstić information content (AvgIpc) is 2.38. The Bertz CT molecular complexity index is 566. The Morgan fingerprint density at radius 1 is 1.06 bits per heavy atom. The van der Waals surface area contributed by atoms with Crippen LogP contribution in [0.1, 0.15) is 17.3 Å². The third-order valence-electron chi connectivity index (χ3n) is 2.85. The highest BCUT2D eigenvalue weighted by Crippen LogP contribution is 2.28. The molecule has 2 rings (SSSR count). The zero-order valence-corrected chi connectivity index (χ0v) is 10.4. The molecule has 2 nitrogen and oxygen atoms in total. The minimum atomic E-state index is -0.484. The number of rotatable bonds is 3. The molecule has 2 aromatic carbocycles. The summed E-state index contributed by atoms with van der Waals surface area (Å²) >= 11 is 0. The molecule has 0 aliphatic rings. The molecule has 0 aromatic heterocycles. The van der Waals surface area contributed by atoms with Crippen molar-refractivity contribution < 1.29 is 9.18 Å². The van der Waals surface area contributed by atoms with Crippen molar-refractivity contribution in [2.45, 2.75) is 6.92 Å². The lowest BCUT2D eigenvalue weighted by Crippen LogP contribution is -2.14. The number of hydrogen-bond donors (Lipinski definition) is 0. The number of carbonyl (C=O) groups is 1. The van der Waals surface area contributed by atoms with E-state index in [0.29, 0.717) is 5.69 Å². The van der Waals surface area contributed by atoms with Gasteiger partial charge in [-0.15, -0.1) is 0 Å². The van der Waals surface area contributed by atoms with E-state index in [1.807, 2.05) is 37.4 Å². The van der Waals surface area contributed by atoms with E-state index < -0.39 is 5.82 Å². The van der Waals surface area contributed by atoms with Crippen molar-refractivity contribution in [3.63, 3.8) is 0 Å². The first kappa shape index (κ1) is 12.3. The second kappa shape index (κ2) is 5.00. The maximum Gasteiger partial charge on any atom is 0.164 e. The molecule has 0 radical (unpaired) electrons. The Hall–Kier alpha value is -2.16. The summed E-state index contributed by atoms with van der Waals surface area (Å²) in [5.41, 5.74) is 1.61. The van der Waals surface area contributed by atoms with E-state index in [2.05, 4.69) is 0 Å². The highest BCUT2D eigenvalue weighted by Gasteiger charge is 2.16. The Balaban J connectivity index is 2.52. The van der Waals surface area contributed by atoms with Crippen molar-refractivity contribution in [2.24, 2.45) is 0 Å². The number of para-hydroxylation sites is 1. The Kier molecular flexibility index (Phi) is 3.42. The predicted molar refractivity (Wildman–Crippen MR) is 70.9 cm³/mol. The monoisotopic (exact) mass is 243 g/mol. The lowest BCUT2D eigenvalue weighted by molar-refractivity contribution is 0.101. The summed E-state index contributed by atoms with van der Waals surface area (Å²) in [6.45, 7) is 1.38. The largest absolute Gasteiger partial charge is 0.344 e. The Morgan fingerprint density at radius 2 is 1.72 bits per heavy atom. The Morgan fingerprint density at radius 3 is 2.33 bits per heavy atom. The van der Waals surface area contributed by atoms with Gasteiger partial charge in [0, 0.05) is 12.7 Å². The van der Waals surface area contributed by atoms with E-state index in [1.54, 1.807) is 17.0 Å². The van der Waals surface area contributed by atoms with Crippen molar-refractivity contribution >= 4 is 17.2 Å². The molecule has 0 bridgehead atoms. The van der Waals surface area contributed by atoms with Gasteiger partial charge in [0.1, 0.15) is 5.82 Å². The number of benzene rings is 2. The first-order valence-corrected chi connectivity index (χ1v) is 5.69. The van der Waals surface area contributed by atoms with Crippen LogP contribution in [0, 0.1) is 5.82 Å². The summed E-state index contributed by atoms with van der Waals surface area (Å²) in [5.74, 6) is -0.756. The minimum Gasteiger partial charge on any atom is -0.344 e. The molecule has 18 heavy (non-hydrogen) atoms. The molecule has 0 aliphatic carbocycles. The molecule has 92 valence electrons. The first-order valence-electron chi connectivity index (χ1n) is 5.69. The summed E-state index contributed by atoms with van der Waals surface area (Å²) in [4.78, 5) is 13.4. The fourth-order valence-corrected chi connectivity index (χ4v) is 1.93. The van der Waals surface area contributed by atoms with Crippen LogP contribution in [0.3, 0.4) is 0 Å². The van der Waals surface area contributed by atoms with Gasteiger partial charge >= 0.3 is 0 Å². The maximum atomic E-state index is 13.7. The summed E-state index contributed by atoms with van der Waals surface area (Å²) in [6.07, 6.45) is 0. The van der Waals surface area contributed by atoms with Crippen molar-refractivity contribution in [3.05, 3.63) is 59.9 Å². The topological polar surface area (TPSA) is 20.3 Å². The van der Waals surface area contributed by atoms with Crippen LogP contribution in [0.2, 0.25) is 0 Å². The van der Waals surface area contributed by atoms with Crippen LogP contribution in [0.25, 0.3) is 0 Å². The predicted octanol–water partition coefficient (Wildman–Crippen LogP) is 3.80. The molecule has 0 N–H and O–H groups in total. The van der Waals surface area contributed by atoms with Gasteiger partial charge < -0.3 is 4.90 Å². The van der Waals surface area contributed by atoms with Crippen molar-refractivity contribution in [1.82, 2.24) is 0 Å². The first-order chi connectivity index (χ1) is 8.61. The maximum absolute atomic E-state index is 13.7. The molecule has 0 aliphatic heterocycles. The fraction of sp³-hybridized carbons (Fsp3) is 0.133. The number of hydrogen-bond acceptors (Lipinski definition) is 2. The normalized spacial score (nSPS) is 10.2. The van der Waals surface area contributed by atoms with E-state index in [0.717, 1.165) is 5.69 Å². The number of Topliss-reactive ketones (excluding diaryl/α,β-unsaturated/α-hetero) is 1. The lowest BCUT2D eigenvalue weighted by Gasteiger charge is -2.22. The molecule has 3 heteroatoms. The van der Waals surface area contributed by atoms with E-state index >= 15 is 0 Å². The third kappa shape index (κ3) is 2.25. The van der Waals surface area contributed by atoms with Crippen LogP contribution < -0.4 is 4.90 Å². The van der Waals surface area contributed by atoms with Crippen LogP contribution in [0.15, 0.2) is 48.5 Å². The molecule has 0 atom stereocenters. The molecule has 0 spiro atoms. The van der Waals surface area contributed by atoms with E-state index in [1.165, 1.54) is 13.0 Å². The van der Waals surface area contributed by atoms with Crippen molar-refractivity contribution in [1.29, 1.82) is 0 Å². The highest BCUT2D eigenvalue weighted by atomic mass is 19.1. The average molecular weight is 243 g/mol. The molecule has 0 heterocycles. The van der Waals surface area contributed by atoms with Crippen LogP contribution in [0.4, 0.5) is 15.8 Å². The van der Waals surface area contributed by atoms with Gasteiger partial charge in [0.2, 0.25) is 0 Å². The summed E-state index contributed by atoms with van der Waals surface area (Å²) < 4.78 is 13.7. The van der Waals surface area contributed by atoms with Gasteiger partial charge in [0.15, 0.2) is 5.78 Å². The molecular formula is C15H14FNO. The second-order valence-electron chi connectivity index (χ2n) is 4.08. The van der Waals surface area contributed by atoms with Gasteiger partial charge in [0.25, 0.3) is 0 Å². The van der Waals surface area contributed by atoms with E-state index in [-0.39, 0.29) is 11.3 Å². The lowest BCUT2D eigenvalue weighted by atomic mass is 10.1. The van der Waals surface area contributed by atoms with Gasteiger partial charge in [-0.05, 0) is 31.2 Å². The van der Waals surface area contributed by atoms with Crippen LogP contribution in [-0.4, -0.2) is 12.8 Å². The highest BCUT2D eigenvalue weighted by molar-refractivity contribution is 6.00. The summed E-state index contributed by atoms with van der Waals surface area (Å²) in [7, 11) is 1.82. The van der Waals surface area contributed by atoms with Gasteiger partial charge in [-0.1, -0.05) is 24.3 Å². The number of halogens is 1. The number of nitrogens with zero attached hydrogens (tertiary/aromatic N) is 1. The zero-order chi connectivity index (χ0) is 13.1. The van der Waals surface area contributed by atoms with Gasteiger partial charge in [-0.25, -0.2) is 4.39 Å². The smallest absolute Gasteiger partial charge is 0.164 e. The minimum absolute atomic E-state index is 0.129. The summed E-state index contributed by atoms with van der Waals surface area (Å²) in [6, 6.07) is 14.2. The van der Waals surface area contributed by atoms with Crippen molar-refractivity contribution in [3.8, 4) is 0 Å². The van der Waals surface area contributed by atoms with Crippen LogP contribution in [0.5, 0.6) is 0 Å². The number of ketones is 1. The SMILES string of the molecule is CC(=O)c1c(F)cccc1N(C)c1ccccc1. The van der Waals surface area contributed by atoms with Gasteiger partial charge in [-0.3, -0.25) is 4.79 Å². The fourth-order valence-electron chi connectivity index (χ4n) is 1.93. The van der Waals surface area contributed by atoms with Crippen LogP contribution in [-0.2, 0) is 0 Å². The molecule has 0 saturated heterocycles. The molecule has 0 saturated carbocycles. The molecule has 0 unspecified atom stereocenters. The second-order valence-corrected chi connectivity index (χ2v) is 4.08. The van der Waals surface area contributed by atoms with Crippen LogP contribution >= 0.6 is 0 Å². The van der Waals surface area contributed by atoms with E-state index in [4.69, 9.17) is 0 Å². The quantitative estimate of drug-likeness (QED) is 0.764. The van der Waals surface area contributed by atoms with Gasteiger partial charge in [-0.2, -0.15) is 0 Å². The third-order valence-corrected chi connectivity index (χ3v) is 2.85. The molecule has 0 fully saturated rings. The molecule has 0 amide bonds. The standard InChI is InChI=1S/C15H14FNO/c1-11(18)15-13(16)9-6-10-14(15)17(2)12-7-4-3-5-8-12/h3-10H,1-2H3.